The zero-order valence-electron chi connectivity index (χ0n) is 13.1. The predicted molar refractivity (Wildman–Crippen MR) is 84.9 cm³/mol. The summed E-state index contributed by atoms with van der Waals surface area (Å²) >= 11 is 0. The average molecular weight is 305 g/mol. The van der Waals surface area contributed by atoms with Crippen LogP contribution in [0.3, 0.4) is 0 Å². The van der Waals surface area contributed by atoms with Gasteiger partial charge in [0.15, 0.2) is 0 Å². The molecule has 1 unspecified atom stereocenters. The van der Waals surface area contributed by atoms with Gasteiger partial charge in [-0.05, 0) is 45.1 Å². The number of nitrogens with zero attached hydrogens (tertiary/aromatic N) is 1. The second-order valence-electron chi connectivity index (χ2n) is 5.71. The molecule has 1 fully saturated rings. The maximum atomic E-state index is 12.1. The van der Waals surface area contributed by atoms with Crippen LogP contribution in [0.4, 0.5) is 5.69 Å². The van der Waals surface area contributed by atoms with E-state index in [4.69, 9.17) is 4.74 Å². The molecule has 2 amide bonds. The Hall–Kier alpha value is -1.92. The summed E-state index contributed by atoms with van der Waals surface area (Å²) in [6.45, 7) is 1.60. The Balaban J connectivity index is 1.89. The van der Waals surface area contributed by atoms with E-state index in [1.807, 2.05) is 14.1 Å². The van der Waals surface area contributed by atoms with Gasteiger partial charge in [-0.15, -0.1) is 0 Å². The van der Waals surface area contributed by atoms with Gasteiger partial charge < -0.3 is 20.3 Å². The molecule has 0 spiro atoms. The summed E-state index contributed by atoms with van der Waals surface area (Å²) < 4.78 is 5.48. The highest BCUT2D eigenvalue weighted by Gasteiger charge is 2.16. The third kappa shape index (κ3) is 5.13. The molecule has 22 heavy (non-hydrogen) atoms. The minimum atomic E-state index is -0.154. The van der Waals surface area contributed by atoms with E-state index < -0.39 is 0 Å². The lowest BCUT2D eigenvalue weighted by molar-refractivity contribution is -0.116. The lowest BCUT2D eigenvalue weighted by atomic mass is 10.1. The Morgan fingerprint density at radius 2 is 2.18 bits per heavy atom. The minimum Gasteiger partial charge on any atom is -0.376 e. The van der Waals surface area contributed by atoms with Crippen LogP contribution in [-0.4, -0.2) is 56.6 Å². The fourth-order valence-electron chi connectivity index (χ4n) is 2.34. The van der Waals surface area contributed by atoms with Crippen molar-refractivity contribution in [3.8, 4) is 0 Å². The second kappa shape index (κ2) is 7.91. The normalized spacial score (nSPS) is 17.5. The Bertz CT molecular complexity index is 525. The Kier molecular flexibility index (Phi) is 5.91. The number of benzene rings is 1. The van der Waals surface area contributed by atoms with E-state index in [-0.39, 0.29) is 17.9 Å². The maximum Gasteiger partial charge on any atom is 0.251 e. The molecule has 2 rings (SSSR count). The first-order valence-corrected chi connectivity index (χ1v) is 7.49. The second-order valence-corrected chi connectivity index (χ2v) is 5.71. The minimum absolute atomic E-state index is 0.109. The van der Waals surface area contributed by atoms with E-state index in [1.165, 1.54) is 0 Å². The summed E-state index contributed by atoms with van der Waals surface area (Å²) in [5, 5.41) is 5.65. The van der Waals surface area contributed by atoms with Gasteiger partial charge in [-0.25, -0.2) is 0 Å². The van der Waals surface area contributed by atoms with Crippen molar-refractivity contribution >= 4 is 17.5 Å². The molecule has 0 aromatic heterocycles. The van der Waals surface area contributed by atoms with Gasteiger partial charge in [0, 0.05) is 24.4 Å². The number of rotatable bonds is 6. The summed E-state index contributed by atoms with van der Waals surface area (Å²) in [5.41, 5.74) is 1.15. The lowest BCUT2D eigenvalue weighted by Crippen LogP contribution is -2.31. The van der Waals surface area contributed by atoms with Crippen LogP contribution in [0.25, 0.3) is 0 Å². The molecule has 6 nitrogen and oxygen atoms in total. The Labute approximate surface area is 130 Å². The zero-order chi connectivity index (χ0) is 15.9. The number of anilines is 1. The quantitative estimate of drug-likeness (QED) is 0.825. The maximum absolute atomic E-state index is 12.1. The predicted octanol–water partition coefficient (Wildman–Crippen LogP) is 1.10. The van der Waals surface area contributed by atoms with Gasteiger partial charge in [-0.3, -0.25) is 9.59 Å². The summed E-state index contributed by atoms with van der Waals surface area (Å²) in [6, 6.07) is 6.93. The van der Waals surface area contributed by atoms with Crippen LogP contribution in [0.5, 0.6) is 0 Å². The first-order valence-electron chi connectivity index (χ1n) is 7.49. The third-order valence-electron chi connectivity index (χ3n) is 3.38. The average Bonchev–Trinajstić information content (AvgIpc) is 2.97. The largest absolute Gasteiger partial charge is 0.376 e. The topological polar surface area (TPSA) is 70.7 Å². The van der Waals surface area contributed by atoms with Crippen molar-refractivity contribution < 1.29 is 14.3 Å². The van der Waals surface area contributed by atoms with E-state index >= 15 is 0 Å². The number of nitrogens with one attached hydrogen (secondary N) is 2. The first-order chi connectivity index (χ1) is 10.5. The smallest absolute Gasteiger partial charge is 0.251 e. The third-order valence-corrected chi connectivity index (χ3v) is 3.38. The van der Waals surface area contributed by atoms with Crippen molar-refractivity contribution in [2.24, 2.45) is 0 Å². The van der Waals surface area contributed by atoms with Crippen LogP contribution < -0.4 is 10.6 Å². The SMILES string of the molecule is CN(C)CC(=O)Nc1cccc(C(=O)NCC2CCCO2)c1. The fraction of sp³-hybridized carbons (Fsp3) is 0.500. The van der Waals surface area contributed by atoms with Gasteiger partial charge >= 0.3 is 0 Å². The van der Waals surface area contributed by atoms with E-state index in [0.717, 1.165) is 19.4 Å². The lowest BCUT2D eigenvalue weighted by Gasteiger charge is -2.12. The molecule has 1 aliphatic heterocycles. The summed E-state index contributed by atoms with van der Waals surface area (Å²) in [4.78, 5) is 25.6. The summed E-state index contributed by atoms with van der Waals surface area (Å²) in [7, 11) is 3.66. The molecule has 1 aromatic rings. The number of likely N-dealkylation sites (N-methyl/N-ethyl adjacent to an activating group) is 1. The fourth-order valence-corrected chi connectivity index (χ4v) is 2.34. The number of carbonyl (C=O) groups is 2. The zero-order valence-corrected chi connectivity index (χ0v) is 13.1. The van der Waals surface area contributed by atoms with Gasteiger partial charge in [0.2, 0.25) is 5.91 Å². The number of ether oxygens (including phenoxy) is 1. The van der Waals surface area contributed by atoms with Crippen molar-refractivity contribution in [2.75, 3.05) is 39.1 Å². The molecule has 1 saturated heterocycles. The van der Waals surface area contributed by atoms with Crippen molar-refractivity contribution in [3.63, 3.8) is 0 Å². The van der Waals surface area contributed by atoms with E-state index in [2.05, 4.69) is 10.6 Å². The highest BCUT2D eigenvalue weighted by molar-refractivity contribution is 5.97. The van der Waals surface area contributed by atoms with Gasteiger partial charge in [-0.1, -0.05) is 6.07 Å². The van der Waals surface area contributed by atoms with Crippen LogP contribution in [0.1, 0.15) is 23.2 Å². The van der Waals surface area contributed by atoms with Crippen molar-refractivity contribution in [1.29, 1.82) is 0 Å². The van der Waals surface area contributed by atoms with Crippen molar-refractivity contribution in [3.05, 3.63) is 29.8 Å². The molecule has 1 atom stereocenters. The standard InChI is InChI=1S/C16H23N3O3/c1-19(2)11-15(20)18-13-6-3-5-12(9-13)16(21)17-10-14-7-4-8-22-14/h3,5-6,9,14H,4,7-8,10-11H2,1-2H3,(H,17,21)(H,18,20). The molecule has 0 bridgehead atoms. The number of amides is 2. The number of carbonyl (C=O) groups excluding carboxylic acids is 2. The molecule has 1 aliphatic rings. The van der Waals surface area contributed by atoms with Crippen LogP contribution in [-0.2, 0) is 9.53 Å². The molecule has 1 heterocycles. The molecule has 0 radical (unpaired) electrons. The van der Waals surface area contributed by atoms with Gasteiger partial charge in [0.1, 0.15) is 0 Å². The highest BCUT2D eigenvalue weighted by Crippen LogP contribution is 2.13. The molecule has 6 heteroatoms. The van der Waals surface area contributed by atoms with Gasteiger partial charge in [0.25, 0.3) is 5.91 Å². The number of hydrogen-bond acceptors (Lipinski definition) is 4. The summed E-state index contributed by atoms with van der Waals surface area (Å²) in [6.07, 6.45) is 2.15. The van der Waals surface area contributed by atoms with Crippen molar-refractivity contribution in [1.82, 2.24) is 10.2 Å². The van der Waals surface area contributed by atoms with Gasteiger partial charge in [0.05, 0.1) is 12.6 Å². The first kappa shape index (κ1) is 16.5. The highest BCUT2D eigenvalue weighted by atomic mass is 16.5. The molecule has 0 aliphatic carbocycles. The van der Waals surface area contributed by atoms with Gasteiger partial charge in [-0.2, -0.15) is 0 Å². The van der Waals surface area contributed by atoms with E-state index in [0.29, 0.717) is 24.3 Å². The molecule has 0 saturated carbocycles. The monoisotopic (exact) mass is 305 g/mol. The van der Waals surface area contributed by atoms with E-state index in [9.17, 15) is 9.59 Å². The molecule has 2 N–H and O–H groups in total. The van der Waals surface area contributed by atoms with Crippen LogP contribution in [0.2, 0.25) is 0 Å². The summed E-state index contributed by atoms with van der Waals surface area (Å²) in [5.74, 6) is -0.263. The van der Waals surface area contributed by atoms with Crippen LogP contribution in [0, 0.1) is 0 Å². The Morgan fingerprint density at radius 3 is 2.86 bits per heavy atom. The van der Waals surface area contributed by atoms with Crippen LogP contribution in [0.15, 0.2) is 24.3 Å². The van der Waals surface area contributed by atoms with Crippen LogP contribution >= 0.6 is 0 Å². The van der Waals surface area contributed by atoms with Crippen molar-refractivity contribution in [2.45, 2.75) is 18.9 Å². The molecular weight excluding hydrogens is 282 g/mol. The Morgan fingerprint density at radius 1 is 1.36 bits per heavy atom. The van der Waals surface area contributed by atoms with E-state index in [1.54, 1.807) is 29.2 Å². The molecular formula is C16H23N3O3. The number of hydrogen-bond donors (Lipinski definition) is 2. The molecule has 120 valence electrons. The molecule has 1 aromatic carbocycles.